The zero-order valence-corrected chi connectivity index (χ0v) is 9.91. The summed E-state index contributed by atoms with van der Waals surface area (Å²) >= 11 is 8.00. The molecule has 0 heterocycles. The monoisotopic (exact) mass is 236 g/mol. The largest absolute Gasteiger partial charge is 0.354 e. The van der Waals surface area contributed by atoms with Gasteiger partial charge >= 0.3 is 0 Å². The van der Waals surface area contributed by atoms with Crippen LogP contribution in [-0.2, 0) is 9.59 Å². The summed E-state index contributed by atoms with van der Waals surface area (Å²) < 4.78 is 0. The van der Waals surface area contributed by atoms with E-state index in [1.165, 1.54) is 6.92 Å². The smallest absolute Gasteiger partial charge is 0.243 e. The van der Waals surface area contributed by atoms with Gasteiger partial charge in [0.05, 0.1) is 0 Å². The van der Waals surface area contributed by atoms with Crippen molar-refractivity contribution < 1.29 is 9.59 Å². The Morgan fingerprint density at radius 1 is 1.36 bits per heavy atom. The fourth-order valence-corrected chi connectivity index (χ4v) is 1.27. The standard InChI is InChI=1S/C8H16N2O2S2/c1-6(11)10-7(5-14)8(12)9-3-2-4-13/h7,13-14H,2-5H2,1H3,(H,9,12)(H,10,11). The van der Waals surface area contributed by atoms with E-state index in [0.717, 1.165) is 12.2 Å². The fraction of sp³-hybridized carbons (Fsp3) is 0.750. The molecule has 82 valence electrons. The van der Waals surface area contributed by atoms with Gasteiger partial charge in [-0.05, 0) is 12.2 Å². The van der Waals surface area contributed by atoms with Crippen LogP contribution < -0.4 is 10.6 Å². The van der Waals surface area contributed by atoms with Crippen molar-refractivity contribution in [2.24, 2.45) is 0 Å². The molecular formula is C8H16N2O2S2. The molecule has 0 aliphatic heterocycles. The molecule has 0 aromatic rings. The molecule has 0 aliphatic carbocycles. The highest BCUT2D eigenvalue weighted by atomic mass is 32.1. The molecule has 0 aliphatic rings. The molecule has 1 atom stereocenters. The molecule has 6 heteroatoms. The Bertz CT molecular complexity index is 200. The average molecular weight is 236 g/mol. The summed E-state index contributed by atoms with van der Waals surface area (Å²) in [6.45, 7) is 1.95. The van der Waals surface area contributed by atoms with Crippen LogP contribution in [0.25, 0.3) is 0 Å². The van der Waals surface area contributed by atoms with Crippen molar-refractivity contribution in [1.29, 1.82) is 0 Å². The predicted octanol–water partition coefficient (Wildman–Crippen LogP) is -0.143. The average Bonchev–Trinajstić information content (AvgIpc) is 2.14. The molecule has 1 unspecified atom stereocenters. The Hall–Kier alpha value is -0.360. The van der Waals surface area contributed by atoms with Gasteiger partial charge in [-0.1, -0.05) is 0 Å². The number of carbonyl (C=O) groups excluding carboxylic acids is 2. The fourth-order valence-electron chi connectivity index (χ4n) is 0.853. The second-order valence-electron chi connectivity index (χ2n) is 2.80. The first-order valence-electron chi connectivity index (χ1n) is 4.38. The highest BCUT2D eigenvalue weighted by Crippen LogP contribution is 1.89. The second-order valence-corrected chi connectivity index (χ2v) is 3.62. The maximum atomic E-state index is 11.4. The summed E-state index contributed by atoms with van der Waals surface area (Å²) in [5.41, 5.74) is 0. The number of hydrogen-bond acceptors (Lipinski definition) is 4. The first-order valence-corrected chi connectivity index (χ1v) is 5.64. The van der Waals surface area contributed by atoms with E-state index in [1.54, 1.807) is 0 Å². The normalized spacial score (nSPS) is 11.9. The maximum Gasteiger partial charge on any atom is 0.243 e. The molecule has 4 nitrogen and oxygen atoms in total. The summed E-state index contributed by atoms with van der Waals surface area (Å²) in [6.07, 6.45) is 0.814. The van der Waals surface area contributed by atoms with Crippen LogP contribution in [0.2, 0.25) is 0 Å². The highest BCUT2D eigenvalue weighted by Gasteiger charge is 2.16. The molecule has 0 radical (unpaired) electrons. The SMILES string of the molecule is CC(=O)NC(CS)C(=O)NCCCS. The summed E-state index contributed by atoms with van der Waals surface area (Å²) in [4.78, 5) is 22.1. The van der Waals surface area contributed by atoms with E-state index in [2.05, 4.69) is 35.9 Å². The minimum atomic E-state index is -0.546. The first-order chi connectivity index (χ1) is 6.61. The molecule has 0 aromatic heterocycles. The Morgan fingerprint density at radius 2 is 2.00 bits per heavy atom. The zero-order chi connectivity index (χ0) is 11.0. The number of nitrogens with one attached hydrogen (secondary N) is 2. The van der Waals surface area contributed by atoms with Gasteiger partial charge in [0.25, 0.3) is 0 Å². The predicted molar refractivity (Wildman–Crippen MR) is 62.9 cm³/mol. The van der Waals surface area contributed by atoms with Crippen LogP contribution in [0, 0.1) is 0 Å². The minimum Gasteiger partial charge on any atom is -0.354 e. The van der Waals surface area contributed by atoms with Gasteiger partial charge in [0, 0.05) is 19.2 Å². The molecule has 2 N–H and O–H groups in total. The first kappa shape index (κ1) is 13.6. The van der Waals surface area contributed by atoms with Gasteiger partial charge in [0.1, 0.15) is 6.04 Å². The van der Waals surface area contributed by atoms with Crippen molar-refractivity contribution in [2.45, 2.75) is 19.4 Å². The van der Waals surface area contributed by atoms with E-state index in [1.807, 2.05) is 0 Å². The molecule has 0 aromatic carbocycles. The van der Waals surface area contributed by atoms with E-state index < -0.39 is 6.04 Å². The topological polar surface area (TPSA) is 58.2 Å². The van der Waals surface area contributed by atoms with Crippen molar-refractivity contribution >= 4 is 37.1 Å². The van der Waals surface area contributed by atoms with Crippen molar-refractivity contribution in [3.8, 4) is 0 Å². The van der Waals surface area contributed by atoms with E-state index in [-0.39, 0.29) is 11.8 Å². The third-order valence-electron chi connectivity index (χ3n) is 1.51. The lowest BCUT2D eigenvalue weighted by Crippen LogP contribution is -2.47. The van der Waals surface area contributed by atoms with Crippen LogP contribution in [0.5, 0.6) is 0 Å². The van der Waals surface area contributed by atoms with Crippen molar-refractivity contribution in [3.63, 3.8) is 0 Å². The Morgan fingerprint density at radius 3 is 2.43 bits per heavy atom. The van der Waals surface area contributed by atoms with Crippen LogP contribution in [0.4, 0.5) is 0 Å². The lowest BCUT2D eigenvalue weighted by Gasteiger charge is -2.14. The van der Waals surface area contributed by atoms with Gasteiger partial charge in [-0.3, -0.25) is 9.59 Å². The summed E-state index contributed by atoms with van der Waals surface area (Å²) in [5, 5.41) is 5.20. The molecule has 0 saturated carbocycles. The van der Waals surface area contributed by atoms with E-state index in [9.17, 15) is 9.59 Å². The molecule has 0 bridgehead atoms. The van der Waals surface area contributed by atoms with E-state index >= 15 is 0 Å². The molecular weight excluding hydrogens is 220 g/mol. The van der Waals surface area contributed by atoms with Crippen LogP contribution in [0.15, 0.2) is 0 Å². The van der Waals surface area contributed by atoms with Gasteiger partial charge in [0.15, 0.2) is 0 Å². The third kappa shape index (κ3) is 6.15. The third-order valence-corrected chi connectivity index (χ3v) is 2.19. The summed E-state index contributed by atoms with van der Waals surface area (Å²) in [6, 6.07) is -0.546. The minimum absolute atomic E-state index is 0.197. The zero-order valence-electron chi connectivity index (χ0n) is 8.12. The lowest BCUT2D eigenvalue weighted by atomic mass is 10.3. The molecule has 14 heavy (non-hydrogen) atoms. The van der Waals surface area contributed by atoms with Gasteiger partial charge in [-0.2, -0.15) is 25.3 Å². The molecule has 0 fully saturated rings. The molecule has 0 rings (SSSR count). The van der Waals surface area contributed by atoms with Gasteiger partial charge in [0.2, 0.25) is 11.8 Å². The van der Waals surface area contributed by atoms with Crippen molar-refractivity contribution in [2.75, 3.05) is 18.1 Å². The van der Waals surface area contributed by atoms with Gasteiger partial charge < -0.3 is 10.6 Å². The molecule has 2 amide bonds. The van der Waals surface area contributed by atoms with Crippen LogP contribution >= 0.6 is 25.3 Å². The number of thiol groups is 2. The van der Waals surface area contributed by atoms with E-state index in [0.29, 0.717) is 12.3 Å². The van der Waals surface area contributed by atoms with Crippen LogP contribution in [0.3, 0.4) is 0 Å². The highest BCUT2D eigenvalue weighted by molar-refractivity contribution is 7.80. The maximum absolute atomic E-state index is 11.4. The molecule has 0 saturated heterocycles. The van der Waals surface area contributed by atoms with Crippen LogP contribution in [-0.4, -0.2) is 35.9 Å². The number of amides is 2. The Balaban J connectivity index is 3.85. The number of hydrogen-bond donors (Lipinski definition) is 4. The number of rotatable bonds is 6. The van der Waals surface area contributed by atoms with Crippen LogP contribution in [0.1, 0.15) is 13.3 Å². The Labute approximate surface area is 95.0 Å². The van der Waals surface area contributed by atoms with Gasteiger partial charge in [-0.15, -0.1) is 0 Å². The van der Waals surface area contributed by atoms with Crippen molar-refractivity contribution in [3.05, 3.63) is 0 Å². The molecule has 0 spiro atoms. The lowest BCUT2D eigenvalue weighted by molar-refractivity contribution is -0.127. The summed E-state index contributed by atoms with van der Waals surface area (Å²) in [7, 11) is 0. The van der Waals surface area contributed by atoms with E-state index in [4.69, 9.17) is 0 Å². The second kappa shape index (κ2) is 7.99. The summed E-state index contributed by atoms with van der Waals surface area (Å²) in [5.74, 6) is 0.600. The Kier molecular flexibility index (Phi) is 7.78. The number of carbonyl (C=O) groups is 2. The van der Waals surface area contributed by atoms with Gasteiger partial charge in [-0.25, -0.2) is 0 Å². The van der Waals surface area contributed by atoms with Crippen molar-refractivity contribution in [1.82, 2.24) is 10.6 Å². The quantitative estimate of drug-likeness (QED) is 0.383.